The standard InChI is InChI=1S/C28H35N3O7S/c1-28(2,3)38-27(32)31-12-11-20(19-14-29-26(30-15-19)39(6,33)34)24(16-31)37-17-18-13-23(35-4)21-9-7-8-10-22(21)25(18)36-5/h7-10,13-15,20,24H,11-12,16-17H2,1-6H3. The van der Waals surface area contributed by atoms with Gasteiger partial charge in [-0.25, -0.2) is 23.2 Å². The van der Waals surface area contributed by atoms with E-state index in [2.05, 4.69) is 9.97 Å². The molecule has 4 rings (SSSR count). The number of hydrogen-bond acceptors (Lipinski definition) is 9. The number of nitrogens with zero attached hydrogens (tertiary/aromatic N) is 3. The Kier molecular flexibility index (Phi) is 8.31. The fourth-order valence-corrected chi connectivity index (χ4v) is 5.24. The predicted octanol–water partition coefficient (Wildman–Crippen LogP) is 4.36. The Morgan fingerprint density at radius 1 is 1.08 bits per heavy atom. The van der Waals surface area contributed by atoms with Gasteiger partial charge in [-0.3, -0.25) is 0 Å². The lowest BCUT2D eigenvalue weighted by atomic mass is 9.88. The number of piperidine rings is 1. The summed E-state index contributed by atoms with van der Waals surface area (Å²) in [6.45, 7) is 6.39. The smallest absolute Gasteiger partial charge is 0.410 e. The Balaban J connectivity index is 1.64. The molecule has 1 fully saturated rings. The largest absolute Gasteiger partial charge is 0.496 e. The van der Waals surface area contributed by atoms with Gasteiger partial charge >= 0.3 is 6.09 Å². The minimum Gasteiger partial charge on any atom is -0.496 e. The van der Waals surface area contributed by atoms with Gasteiger partial charge in [0.1, 0.15) is 17.1 Å². The van der Waals surface area contributed by atoms with Crippen LogP contribution in [0.3, 0.4) is 0 Å². The molecule has 0 radical (unpaired) electrons. The molecule has 0 N–H and O–H groups in total. The number of rotatable bonds is 7. The van der Waals surface area contributed by atoms with Crippen molar-refractivity contribution in [2.45, 2.75) is 56.6 Å². The number of aromatic nitrogens is 2. The third-order valence-corrected chi connectivity index (χ3v) is 7.40. The van der Waals surface area contributed by atoms with Crippen molar-refractivity contribution in [3.63, 3.8) is 0 Å². The molecule has 2 unspecified atom stereocenters. The number of sulfone groups is 1. The first kappa shape index (κ1) is 28.6. The maximum atomic E-state index is 12.9. The van der Waals surface area contributed by atoms with Gasteiger partial charge in [0.25, 0.3) is 0 Å². The van der Waals surface area contributed by atoms with Gasteiger partial charge < -0.3 is 23.8 Å². The summed E-state index contributed by atoms with van der Waals surface area (Å²) in [5.41, 5.74) is 0.901. The number of benzene rings is 2. The number of carbonyl (C=O) groups excluding carboxylic acids is 1. The first-order chi connectivity index (χ1) is 18.4. The lowest BCUT2D eigenvalue weighted by Gasteiger charge is -2.39. The molecule has 1 aliphatic heterocycles. The summed E-state index contributed by atoms with van der Waals surface area (Å²) in [7, 11) is -0.291. The Labute approximate surface area is 229 Å². The molecule has 0 aliphatic carbocycles. The molecular weight excluding hydrogens is 522 g/mol. The van der Waals surface area contributed by atoms with E-state index in [1.54, 1.807) is 19.1 Å². The third-order valence-electron chi connectivity index (χ3n) is 6.53. The normalized spacial score (nSPS) is 18.2. The zero-order chi connectivity index (χ0) is 28.4. The van der Waals surface area contributed by atoms with Crippen molar-refractivity contribution < 1.29 is 32.2 Å². The Morgan fingerprint density at radius 3 is 2.33 bits per heavy atom. The first-order valence-electron chi connectivity index (χ1n) is 12.7. The van der Waals surface area contributed by atoms with E-state index >= 15 is 0 Å². The molecule has 2 aromatic carbocycles. The zero-order valence-electron chi connectivity index (χ0n) is 23.1. The predicted molar refractivity (Wildman–Crippen MR) is 146 cm³/mol. The van der Waals surface area contributed by atoms with Crippen LogP contribution in [0.2, 0.25) is 0 Å². The summed E-state index contributed by atoms with van der Waals surface area (Å²) in [5.74, 6) is 1.21. The molecule has 1 aliphatic rings. The number of fused-ring (bicyclic) bond motifs is 1. The van der Waals surface area contributed by atoms with Crippen LogP contribution < -0.4 is 9.47 Å². The van der Waals surface area contributed by atoms with E-state index in [0.717, 1.165) is 28.2 Å². The fraction of sp³-hybridized carbons (Fsp3) is 0.464. The number of amides is 1. The first-order valence-corrected chi connectivity index (χ1v) is 14.5. The monoisotopic (exact) mass is 557 g/mol. The average Bonchev–Trinajstić information content (AvgIpc) is 2.89. The molecule has 1 aromatic heterocycles. The molecule has 1 amide bonds. The lowest BCUT2D eigenvalue weighted by molar-refractivity contribution is -0.0364. The van der Waals surface area contributed by atoms with Crippen molar-refractivity contribution in [1.29, 1.82) is 0 Å². The minimum absolute atomic E-state index is 0.175. The van der Waals surface area contributed by atoms with E-state index in [4.69, 9.17) is 18.9 Å². The Morgan fingerprint density at radius 2 is 1.74 bits per heavy atom. The van der Waals surface area contributed by atoms with E-state index in [0.29, 0.717) is 24.5 Å². The summed E-state index contributed by atoms with van der Waals surface area (Å²) >= 11 is 0. The van der Waals surface area contributed by atoms with Gasteiger partial charge in [0.05, 0.1) is 33.5 Å². The lowest BCUT2D eigenvalue weighted by Crippen LogP contribution is -2.48. The Bertz CT molecular complexity index is 1440. The van der Waals surface area contributed by atoms with E-state index in [-0.39, 0.29) is 24.2 Å². The van der Waals surface area contributed by atoms with Gasteiger partial charge in [-0.2, -0.15) is 0 Å². The van der Waals surface area contributed by atoms with Crippen LogP contribution in [0, 0.1) is 0 Å². The molecule has 10 nitrogen and oxygen atoms in total. The summed E-state index contributed by atoms with van der Waals surface area (Å²) in [6.07, 6.45) is 3.81. The second-order valence-corrected chi connectivity index (χ2v) is 12.5. The van der Waals surface area contributed by atoms with Crippen molar-refractivity contribution in [3.8, 4) is 11.5 Å². The SMILES string of the molecule is COc1cc(COC2CN(C(=O)OC(C)(C)C)CCC2c2cnc(S(C)(=O)=O)nc2)c(OC)c2ccccc12. The van der Waals surface area contributed by atoms with Crippen LogP contribution in [0.1, 0.15) is 44.2 Å². The summed E-state index contributed by atoms with van der Waals surface area (Å²) in [4.78, 5) is 22.7. The molecule has 0 bridgehead atoms. The number of likely N-dealkylation sites (tertiary alicyclic amines) is 1. The number of hydrogen-bond donors (Lipinski definition) is 0. The summed E-state index contributed by atoms with van der Waals surface area (Å²) < 4.78 is 47.2. The van der Waals surface area contributed by atoms with Crippen LogP contribution in [0.15, 0.2) is 47.9 Å². The van der Waals surface area contributed by atoms with E-state index < -0.39 is 27.6 Å². The maximum absolute atomic E-state index is 12.9. The number of carbonyl (C=O) groups is 1. The van der Waals surface area contributed by atoms with Crippen LogP contribution >= 0.6 is 0 Å². The van der Waals surface area contributed by atoms with Gasteiger partial charge in [0.2, 0.25) is 15.0 Å². The maximum Gasteiger partial charge on any atom is 0.410 e. The van der Waals surface area contributed by atoms with Gasteiger partial charge in [0.15, 0.2) is 0 Å². The van der Waals surface area contributed by atoms with Crippen molar-refractivity contribution in [2.75, 3.05) is 33.6 Å². The molecule has 11 heteroatoms. The molecule has 2 heterocycles. The number of methoxy groups -OCH3 is 2. The number of ether oxygens (including phenoxy) is 4. The minimum atomic E-state index is -3.53. The topological polar surface area (TPSA) is 117 Å². The average molecular weight is 558 g/mol. The van der Waals surface area contributed by atoms with E-state index in [9.17, 15) is 13.2 Å². The fourth-order valence-electron chi connectivity index (χ4n) is 4.75. The second kappa shape index (κ2) is 11.4. The quantitative estimate of drug-likeness (QED) is 0.391. The molecule has 1 saturated heterocycles. The highest BCUT2D eigenvalue weighted by atomic mass is 32.2. The molecule has 210 valence electrons. The van der Waals surface area contributed by atoms with E-state index in [1.165, 1.54) is 12.4 Å². The van der Waals surface area contributed by atoms with Crippen LogP contribution in [0.25, 0.3) is 10.8 Å². The van der Waals surface area contributed by atoms with E-state index in [1.807, 2.05) is 51.1 Å². The van der Waals surface area contributed by atoms with Crippen LogP contribution in [0.5, 0.6) is 11.5 Å². The van der Waals surface area contributed by atoms with Crippen molar-refractivity contribution >= 4 is 26.7 Å². The molecule has 39 heavy (non-hydrogen) atoms. The van der Waals surface area contributed by atoms with Crippen LogP contribution in [-0.4, -0.2) is 74.6 Å². The second-order valence-electron chi connectivity index (χ2n) is 10.6. The van der Waals surface area contributed by atoms with Crippen molar-refractivity contribution in [3.05, 3.63) is 53.9 Å². The molecule has 0 saturated carbocycles. The van der Waals surface area contributed by atoms with Crippen molar-refractivity contribution in [2.24, 2.45) is 0 Å². The molecule has 0 spiro atoms. The zero-order valence-corrected chi connectivity index (χ0v) is 23.9. The third kappa shape index (κ3) is 6.59. The van der Waals surface area contributed by atoms with Crippen molar-refractivity contribution in [1.82, 2.24) is 14.9 Å². The van der Waals surface area contributed by atoms with Crippen LogP contribution in [0.4, 0.5) is 4.79 Å². The van der Waals surface area contributed by atoms with Gasteiger partial charge in [-0.05, 0) is 38.8 Å². The summed E-state index contributed by atoms with van der Waals surface area (Å²) in [6, 6.07) is 9.71. The molecule has 3 aromatic rings. The Hall–Kier alpha value is -3.44. The van der Waals surface area contributed by atoms with Gasteiger partial charge in [-0.15, -0.1) is 0 Å². The highest BCUT2D eigenvalue weighted by Crippen LogP contribution is 2.38. The highest BCUT2D eigenvalue weighted by Gasteiger charge is 2.36. The molecular formula is C28H35N3O7S. The van der Waals surface area contributed by atoms with Crippen LogP contribution in [-0.2, 0) is 25.9 Å². The van der Waals surface area contributed by atoms with Gasteiger partial charge in [-0.1, -0.05) is 24.3 Å². The highest BCUT2D eigenvalue weighted by molar-refractivity contribution is 7.90. The van der Waals surface area contributed by atoms with Gasteiger partial charge in [0, 0.05) is 47.4 Å². The summed E-state index contributed by atoms with van der Waals surface area (Å²) in [5, 5.41) is 1.59. The molecule has 2 atom stereocenters.